The van der Waals surface area contributed by atoms with Gasteiger partial charge in [0.25, 0.3) is 0 Å². The third-order valence-corrected chi connectivity index (χ3v) is 4.77. The molecule has 1 aliphatic heterocycles. The van der Waals surface area contributed by atoms with Crippen LogP contribution >= 0.6 is 0 Å². The van der Waals surface area contributed by atoms with E-state index in [1.165, 1.54) is 0 Å². The number of hydrogen-bond acceptors (Lipinski definition) is 3. The molecule has 2 fully saturated rings. The highest BCUT2D eigenvalue weighted by molar-refractivity contribution is 5.83. The zero-order chi connectivity index (χ0) is 16.2. The number of carbonyl (C=O) groups is 2. The second-order valence-corrected chi connectivity index (χ2v) is 6.54. The summed E-state index contributed by atoms with van der Waals surface area (Å²) in [6.45, 7) is 1.72. The first-order valence-corrected chi connectivity index (χ1v) is 8.43. The second-order valence-electron chi connectivity index (χ2n) is 6.54. The van der Waals surface area contributed by atoms with Gasteiger partial charge in [-0.15, -0.1) is 0 Å². The molecule has 0 aromatic heterocycles. The topological polar surface area (TPSA) is 69.6 Å². The van der Waals surface area contributed by atoms with Crippen LogP contribution in [0.1, 0.15) is 36.8 Å². The van der Waals surface area contributed by atoms with E-state index in [0.717, 1.165) is 43.4 Å². The van der Waals surface area contributed by atoms with Gasteiger partial charge in [0.05, 0.1) is 12.5 Å². The number of nitrogens with one attached hydrogen (secondary N) is 1. The first kappa shape index (κ1) is 16.0. The van der Waals surface area contributed by atoms with Crippen molar-refractivity contribution in [2.45, 2.75) is 38.8 Å². The molecule has 0 radical (unpaired) electrons. The van der Waals surface area contributed by atoms with E-state index in [-0.39, 0.29) is 30.3 Å². The molecule has 1 unspecified atom stereocenters. The van der Waals surface area contributed by atoms with E-state index in [0.29, 0.717) is 13.1 Å². The van der Waals surface area contributed by atoms with E-state index < -0.39 is 0 Å². The molecular formula is C18H24N2O3. The minimum Gasteiger partial charge on any atom is -0.392 e. The molecular weight excluding hydrogens is 292 g/mol. The van der Waals surface area contributed by atoms with Gasteiger partial charge in [-0.2, -0.15) is 0 Å². The Morgan fingerprint density at radius 2 is 1.87 bits per heavy atom. The molecule has 2 N–H and O–H groups in total. The molecule has 1 heterocycles. The Morgan fingerprint density at radius 3 is 2.57 bits per heavy atom. The van der Waals surface area contributed by atoms with Crippen molar-refractivity contribution in [2.75, 3.05) is 13.1 Å². The molecule has 5 nitrogen and oxygen atoms in total. The maximum Gasteiger partial charge on any atom is 0.225 e. The lowest BCUT2D eigenvalue weighted by atomic mass is 9.96. The van der Waals surface area contributed by atoms with Crippen molar-refractivity contribution in [3.63, 3.8) is 0 Å². The first-order chi connectivity index (χ1) is 11.2. The van der Waals surface area contributed by atoms with Gasteiger partial charge in [0.1, 0.15) is 0 Å². The van der Waals surface area contributed by atoms with Gasteiger partial charge in [0, 0.05) is 25.6 Å². The summed E-state index contributed by atoms with van der Waals surface area (Å²) >= 11 is 0. The van der Waals surface area contributed by atoms with Crippen LogP contribution in [0.25, 0.3) is 0 Å². The van der Waals surface area contributed by atoms with Crippen molar-refractivity contribution >= 4 is 11.8 Å². The van der Waals surface area contributed by atoms with E-state index in [1.54, 1.807) is 0 Å². The minimum atomic E-state index is -0.118. The summed E-state index contributed by atoms with van der Waals surface area (Å²) in [5.74, 6) is 0.333. The van der Waals surface area contributed by atoms with Gasteiger partial charge in [0.15, 0.2) is 0 Å². The van der Waals surface area contributed by atoms with Crippen molar-refractivity contribution in [3.05, 3.63) is 35.4 Å². The zero-order valence-electron chi connectivity index (χ0n) is 13.3. The second kappa shape index (κ2) is 7.13. The molecule has 2 amide bonds. The van der Waals surface area contributed by atoms with Crippen molar-refractivity contribution in [2.24, 2.45) is 11.8 Å². The highest BCUT2D eigenvalue weighted by atomic mass is 16.3. The normalized spacial score (nSPS) is 21.1. The molecule has 1 atom stereocenters. The number of carbonyl (C=O) groups excluding carboxylic acids is 2. The largest absolute Gasteiger partial charge is 0.392 e. The van der Waals surface area contributed by atoms with Crippen LogP contribution in [-0.2, 0) is 22.7 Å². The van der Waals surface area contributed by atoms with Crippen LogP contribution in [0.15, 0.2) is 24.3 Å². The van der Waals surface area contributed by atoms with Gasteiger partial charge < -0.3 is 15.3 Å². The van der Waals surface area contributed by atoms with Crippen molar-refractivity contribution in [1.29, 1.82) is 0 Å². The molecule has 1 saturated carbocycles. The van der Waals surface area contributed by atoms with E-state index >= 15 is 0 Å². The molecule has 23 heavy (non-hydrogen) atoms. The van der Waals surface area contributed by atoms with Crippen LogP contribution in [-0.4, -0.2) is 34.9 Å². The van der Waals surface area contributed by atoms with Crippen LogP contribution in [0.2, 0.25) is 0 Å². The smallest absolute Gasteiger partial charge is 0.225 e. The number of piperidine rings is 1. The minimum absolute atomic E-state index is 0.00559. The Bertz CT molecular complexity index is 583. The Balaban J connectivity index is 1.54. The lowest BCUT2D eigenvalue weighted by molar-refractivity contribution is -0.136. The number of likely N-dealkylation sites (tertiary alicyclic amines) is 1. The number of aliphatic hydroxyl groups excluding tert-OH is 1. The van der Waals surface area contributed by atoms with E-state index in [4.69, 9.17) is 0 Å². The summed E-state index contributed by atoms with van der Waals surface area (Å²) in [4.78, 5) is 26.4. The van der Waals surface area contributed by atoms with Gasteiger partial charge in [0.2, 0.25) is 11.8 Å². The average molecular weight is 316 g/mol. The van der Waals surface area contributed by atoms with Crippen LogP contribution in [0.5, 0.6) is 0 Å². The molecule has 5 heteroatoms. The summed E-state index contributed by atoms with van der Waals surface area (Å²) in [6.07, 6.45) is 3.74. The molecule has 124 valence electrons. The van der Waals surface area contributed by atoms with Crippen LogP contribution in [0, 0.1) is 11.8 Å². The Kier molecular flexibility index (Phi) is 4.96. The third kappa shape index (κ3) is 3.91. The summed E-state index contributed by atoms with van der Waals surface area (Å²) < 4.78 is 0. The fraction of sp³-hybridized carbons (Fsp3) is 0.556. The predicted octanol–water partition coefficient (Wildman–Crippen LogP) is 1.44. The van der Waals surface area contributed by atoms with E-state index in [1.807, 2.05) is 29.2 Å². The molecule has 1 aliphatic carbocycles. The molecule has 1 aromatic carbocycles. The standard InChI is InChI=1S/C18H24N2O3/c21-12-16-5-2-1-4-14(16)10-19-17(22)15-6-3-9-20(11-15)18(23)13-7-8-13/h1-2,4-5,13,15,21H,3,6-12H2,(H,19,22). The van der Waals surface area contributed by atoms with Crippen molar-refractivity contribution < 1.29 is 14.7 Å². The van der Waals surface area contributed by atoms with Crippen molar-refractivity contribution in [3.8, 4) is 0 Å². The molecule has 1 aromatic rings. The fourth-order valence-corrected chi connectivity index (χ4v) is 3.19. The zero-order valence-corrected chi connectivity index (χ0v) is 13.3. The molecule has 1 saturated heterocycles. The quantitative estimate of drug-likeness (QED) is 0.864. The summed E-state index contributed by atoms with van der Waals surface area (Å²) in [7, 11) is 0. The number of nitrogens with zero attached hydrogens (tertiary/aromatic N) is 1. The predicted molar refractivity (Wildman–Crippen MR) is 86.2 cm³/mol. The van der Waals surface area contributed by atoms with Gasteiger partial charge in [-0.05, 0) is 36.8 Å². The third-order valence-electron chi connectivity index (χ3n) is 4.77. The SMILES string of the molecule is O=C(NCc1ccccc1CO)C1CCCN(C(=O)C2CC2)C1. The lowest BCUT2D eigenvalue weighted by Crippen LogP contribution is -2.45. The Hall–Kier alpha value is -1.88. The van der Waals surface area contributed by atoms with Crippen molar-refractivity contribution in [1.82, 2.24) is 10.2 Å². The van der Waals surface area contributed by atoms with Crippen LogP contribution in [0.3, 0.4) is 0 Å². The van der Waals surface area contributed by atoms with Gasteiger partial charge in [-0.1, -0.05) is 24.3 Å². The maximum atomic E-state index is 12.4. The highest BCUT2D eigenvalue weighted by Gasteiger charge is 2.36. The highest BCUT2D eigenvalue weighted by Crippen LogP contribution is 2.32. The number of rotatable bonds is 5. The number of amides is 2. The number of hydrogen-bond donors (Lipinski definition) is 2. The molecule has 0 spiro atoms. The average Bonchev–Trinajstić information content (AvgIpc) is 3.44. The lowest BCUT2D eigenvalue weighted by Gasteiger charge is -2.32. The Labute approximate surface area is 136 Å². The van der Waals surface area contributed by atoms with Gasteiger partial charge in [-0.25, -0.2) is 0 Å². The fourth-order valence-electron chi connectivity index (χ4n) is 3.19. The summed E-state index contributed by atoms with van der Waals surface area (Å²) in [5, 5.41) is 12.3. The molecule has 3 rings (SSSR count). The number of benzene rings is 1. The van der Waals surface area contributed by atoms with E-state index in [9.17, 15) is 14.7 Å². The first-order valence-electron chi connectivity index (χ1n) is 8.43. The summed E-state index contributed by atoms with van der Waals surface area (Å²) in [6, 6.07) is 7.55. The number of aliphatic hydroxyl groups is 1. The summed E-state index contributed by atoms with van der Waals surface area (Å²) in [5.41, 5.74) is 1.77. The Morgan fingerprint density at radius 1 is 1.13 bits per heavy atom. The molecule has 0 bridgehead atoms. The van der Waals surface area contributed by atoms with E-state index in [2.05, 4.69) is 5.32 Å². The monoisotopic (exact) mass is 316 g/mol. The van der Waals surface area contributed by atoms with Gasteiger partial charge >= 0.3 is 0 Å². The van der Waals surface area contributed by atoms with Crippen LogP contribution in [0.4, 0.5) is 0 Å². The van der Waals surface area contributed by atoms with Gasteiger partial charge in [-0.3, -0.25) is 9.59 Å². The maximum absolute atomic E-state index is 12.4. The van der Waals surface area contributed by atoms with Crippen LogP contribution < -0.4 is 5.32 Å². The molecule has 2 aliphatic rings.